The Labute approximate surface area is 169 Å². The number of esters is 1. The number of carboxylic acid groups (broad SMARTS) is 1. The molecule has 1 fully saturated rings. The zero-order chi connectivity index (χ0) is 21.2. The van der Waals surface area contributed by atoms with Gasteiger partial charge in [0.05, 0.1) is 13.7 Å². The number of hydrogen-bond acceptors (Lipinski definition) is 6. The third-order valence-corrected chi connectivity index (χ3v) is 4.54. The zero-order valence-corrected chi connectivity index (χ0v) is 16.9. The number of ether oxygens (including phenoxy) is 3. The lowest BCUT2D eigenvalue weighted by Gasteiger charge is -2.38. The number of carbonyl (C=O) groups excluding carboxylic acids is 1. The van der Waals surface area contributed by atoms with Gasteiger partial charge >= 0.3 is 11.9 Å². The molecule has 0 saturated carbocycles. The first kappa shape index (κ1) is 20.7. The van der Waals surface area contributed by atoms with E-state index < -0.39 is 29.4 Å². The van der Waals surface area contributed by atoms with E-state index in [9.17, 15) is 14.7 Å². The predicted octanol–water partition coefficient (Wildman–Crippen LogP) is 3.18. The molecule has 1 N–H and O–H groups in total. The third-order valence-electron chi connectivity index (χ3n) is 4.54. The van der Waals surface area contributed by atoms with E-state index in [1.54, 1.807) is 81.3 Å². The van der Waals surface area contributed by atoms with E-state index in [0.717, 1.165) is 0 Å². The molecule has 29 heavy (non-hydrogen) atoms. The van der Waals surface area contributed by atoms with Gasteiger partial charge in [-0.15, -0.1) is 0 Å². The Kier molecular flexibility index (Phi) is 5.53. The monoisotopic (exact) mass is 399 g/mol. The smallest absolute Gasteiger partial charge is 0.365 e. The van der Waals surface area contributed by atoms with Gasteiger partial charge in [0.25, 0.3) is 5.72 Å². The first-order valence-electron chi connectivity index (χ1n) is 9.28. The average molecular weight is 399 g/mol. The first-order chi connectivity index (χ1) is 13.7. The Morgan fingerprint density at radius 2 is 1.72 bits per heavy atom. The molecule has 2 aromatic carbocycles. The molecule has 2 aromatic rings. The van der Waals surface area contributed by atoms with Crippen molar-refractivity contribution < 1.29 is 28.9 Å². The zero-order valence-electron chi connectivity index (χ0n) is 16.9. The van der Waals surface area contributed by atoms with Crippen LogP contribution in [0.25, 0.3) is 0 Å². The second-order valence-electron chi connectivity index (χ2n) is 7.77. The molecule has 1 heterocycles. The highest BCUT2D eigenvalue weighted by molar-refractivity contribution is 5.88. The van der Waals surface area contributed by atoms with E-state index in [2.05, 4.69) is 0 Å². The Hall–Kier alpha value is -3.06. The molecule has 1 aliphatic heterocycles. The Bertz CT molecular complexity index is 874. The normalized spacial score (nSPS) is 21.7. The van der Waals surface area contributed by atoms with Crippen molar-refractivity contribution in [3.8, 4) is 5.75 Å². The van der Waals surface area contributed by atoms with Crippen molar-refractivity contribution in [3.05, 3.63) is 60.2 Å². The quantitative estimate of drug-likeness (QED) is 0.773. The van der Waals surface area contributed by atoms with Gasteiger partial charge in [-0.25, -0.2) is 9.59 Å². The van der Waals surface area contributed by atoms with E-state index in [4.69, 9.17) is 14.2 Å². The SMILES string of the molecule is COc1ccc(N2CC(C(=O)O)OC2(C(=O)OC(C)(C)C)c2ccccc2)cc1. The van der Waals surface area contributed by atoms with Crippen molar-refractivity contribution in [2.45, 2.75) is 38.2 Å². The number of hydrogen-bond donors (Lipinski definition) is 1. The standard InChI is InChI=1S/C22H25NO6/c1-21(2,3)29-20(26)22(15-8-6-5-7-9-15)23(14-18(28-22)19(24)25)16-10-12-17(27-4)13-11-16/h5-13,18H,14H2,1-4H3,(H,24,25). The lowest BCUT2D eigenvalue weighted by Crippen LogP contribution is -2.52. The van der Waals surface area contributed by atoms with Crippen LogP contribution in [-0.4, -0.2) is 42.4 Å². The van der Waals surface area contributed by atoms with Crippen LogP contribution in [0.3, 0.4) is 0 Å². The molecule has 1 saturated heterocycles. The van der Waals surface area contributed by atoms with Crippen molar-refractivity contribution in [1.82, 2.24) is 0 Å². The summed E-state index contributed by atoms with van der Waals surface area (Å²) in [7, 11) is 1.56. The fourth-order valence-electron chi connectivity index (χ4n) is 3.29. The van der Waals surface area contributed by atoms with Gasteiger partial charge in [0, 0.05) is 11.3 Å². The van der Waals surface area contributed by atoms with Gasteiger partial charge in [-0.3, -0.25) is 0 Å². The molecule has 7 heteroatoms. The van der Waals surface area contributed by atoms with E-state index in [1.165, 1.54) is 0 Å². The number of rotatable bonds is 5. The van der Waals surface area contributed by atoms with Crippen molar-refractivity contribution in [1.29, 1.82) is 0 Å². The second kappa shape index (κ2) is 7.75. The molecular weight excluding hydrogens is 374 g/mol. The number of methoxy groups -OCH3 is 1. The molecule has 2 atom stereocenters. The molecule has 0 radical (unpaired) electrons. The van der Waals surface area contributed by atoms with Crippen LogP contribution in [0.4, 0.5) is 5.69 Å². The van der Waals surface area contributed by atoms with E-state index in [0.29, 0.717) is 17.0 Å². The van der Waals surface area contributed by atoms with Crippen LogP contribution in [0.15, 0.2) is 54.6 Å². The van der Waals surface area contributed by atoms with Crippen LogP contribution in [0.5, 0.6) is 5.75 Å². The summed E-state index contributed by atoms with van der Waals surface area (Å²) < 4.78 is 16.8. The van der Waals surface area contributed by atoms with E-state index in [-0.39, 0.29) is 6.54 Å². The molecule has 3 rings (SSSR count). The molecule has 0 aliphatic carbocycles. The third kappa shape index (κ3) is 4.05. The molecule has 154 valence electrons. The van der Waals surface area contributed by atoms with Crippen LogP contribution in [0.2, 0.25) is 0 Å². The summed E-state index contributed by atoms with van der Waals surface area (Å²) in [6.07, 6.45) is -1.20. The van der Waals surface area contributed by atoms with Gasteiger partial charge < -0.3 is 24.2 Å². The van der Waals surface area contributed by atoms with Gasteiger partial charge in [0.2, 0.25) is 0 Å². The lowest BCUT2D eigenvalue weighted by atomic mass is 10.00. The molecule has 0 aromatic heterocycles. The predicted molar refractivity (Wildman–Crippen MR) is 107 cm³/mol. The van der Waals surface area contributed by atoms with Crippen molar-refractivity contribution in [3.63, 3.8) is 0 Å². The Morgan fingerprint density at radius 1 is 1.10 bits per heavy atom. The number of carboxylic acids is 1. The number of carbonyl (C=O) groups is 2. The summed E-state index contributed by atoms with van der Waals surface area (Å²) in [5.41, 5.74) is -1.40. The largest absolute Gasteiger partial charge is 0.497 e. The molecular formula is C22H25NO6. The highest BCUT2D eigenvalue weighted by Crippen LogP contribution is 2.42. The van der Waals surface area contributed by atoms with Gasteiger partial charge in [0.1, 0.15) is 11.4 Å². The minimum Gasteiger partial charge on any atom is -0.497 e. The first-order valence-corrected chi connectivity index (χ1v) is 9.28. The summed E-state index contributed by atoms with van der Waals surface area (Å²) in [6, 6.07) is 15.8. The minimum atomic E-state index is -1.73. The topological polar surface area (TPSA) is 85.3 Å². The van der Waals surface area contributed by atoms with E-state index >= 15 is 0 Å². The maximum Gasteiger partial charge on any atom is 0.365 e. The van der Waals surface area contributed by atoms with Gasteiger partial charge in [-0.1, -0.05) is 30.3 Å². The van der Waals surface area contributed by atoms with Crippen LogP contribution in [-0.2, 0) is 24.8 Å². The molecule has 0 bridgehead atoms. The number of nitrogens with zero attached hydrogens (tertiary/aromatic N) is 1. The highest BCUT2D eigenvalue weighted by Gasteiger charge is 2.58. The molecule has 1 aliphatic rings. The highest BCUT2D eigenvalue weighted by atomic mass is 16.6. The summed E-state index contributed by atoms with van der Waals surface area (Å²) in [6.45, 7) is 5.25. The molecule has 2 unspecified atom stereocenters. The summed E-state index contributed by atoms with van der Waals surface area (Å²) in [5.74, 6) is -1.17. The Morgan fingerprint density at radius 3 is 2.24 bits per heavy atom. The average Bonchev–Trinajstić information content (AvgIpc) is 3.10. The van der Waals surface area contributed by atoms with Crippen molar-refractivity contribution >= 4 is 17.6 Å². The summed E-state index contributed by atoms with van der Waals surface area (Å²) >= 11 is 0. The molecule has 0 amide bonds. The van der Waals surface area contributed by atoms with Crippen LogP contribution in [0, 0.1) is 0 Å². The van der Waals surface area contributed by atoms with Crippen molar-refractivity contribution in [2.24, 2.45) is 0 Å². The molecule has 7 nitrogen and oxygen atoms in total. The maximum absolute atomic E-state index is 13.5. The second-order valence-corrected chi connectivity index (χ2v) is 7.77. The maximum atomic E-state index is 13.5. The van der Waals surface area contributed by atoms with Crippen LogP contribution in [0.1, 0.15) is 26.3 Å². The fraction of sp³-hybridized carbons (Fsp3) is 0.364. The van der Waals surface area contributed by atoms with Crippen LogP contribution < -0.4 is 9.64 Å². The van der Waals surface area contributed by atoms with Gasteiger partial charge in [-0.05, 0) is 45.0 Å². The number of anilines is 1. The lowest BCUT2D eigenvalue weighted by molar-refractivity contribution is -0.186. The number of benzene rings is 2. The van der Waals surface area contributed by atoms with Crippen molar-refractivity contribution in [2.75, 3.05) is 18.6 Å². The van der Waals surface area contributed by atoms with Gasteiger partial charge in [0.15, 0.2) is 6.10 Å². The fourth-order valence-corrected chi connectivity index (χ4v) is 3.29. The van der Waals surface area contributed by atoms with E-state index in [1.807, 2.05) is 6.07 Å². The molecule has 0 spiro atoms. The minimum absolute atomic E-state index is 0.0181. The Balaban J connectivity index is 2.17. The van der Waals surface area contributed by atoms with Gasteiger partial charge in [-0.2, -0.15) is 0 Å². The summed E-state index contributed by atoms with van der Waals surface area (Å²) in [4.78, 5) is 26.9. The summed E-state index contributed by atoms with van der Waals surface area (Å²) in [5, 5.41) is 9.63. The number of aliphatic carboxylic acids is 1. The van der Waals surface area contributed by atoms with Crippen LogP contribution >= 0.6 is 0 Å².